The fraction of sp³-hybridized carbons (Fsp3) is 0.364. The van der Waals surface area contributed by atoms with Gasteiger partial charge in [-0.2, -0.15) is 11.8 Å². The normalized spacial score (nSPS) is 18.9. The van der Waals surface area contributed by atoms with Gasteiger partial charge in [-0.25, -0.2) is 4.79 Å². The Kier molecular flexibility index (Phi) is 3.63. The van der Waals surface area contributed by atoms with Gasteiger partial charge in [0.05, 0.1) is 17.4 Å². The number of amides is 1. The van der Waals surface area contributed by atoms with Crippen molar-refractivity contribution in [2.24, 2.45) is 5.92 Å². The molecule has 0 bridgehead atoms. The maximum Gasteiger partial charge on any atom is 0.337 e. The summed E-state index contributed by atoms with van der Waals surface area (Å²) >= 11 is 1.76. The van der Waals surface area contributed by atoms with Crippen molar-refractivity contribution >= 4 is 29.3 Å². The van der Waals surface area contributed by atoms with E-state index in [0.29, 0.717) is 5.69 Å². The summed E-state index contributed by atoms with van der Waals surface area (Å²) in [5, 5.41) is 11.5. The number of nitrogens with one attached hydrogen (secondary N) is 1. The molecule has 17 heavy (non-hydrogen) atoms. The molecule has 2 rings (SSSR count). The van der Waals surface area contributed by atoms with Gasteiger partial charge in [-0.3, -0.25) is 9.78 Å². The lowest BCUT2D eigenvalue weighted by atomic mass is 10.1. The van der Waals surface area contributed by atoms with Gasteiger partial charge in [-0.1, -0.05) is 0 Å². The first-order valence-corrected chi connectivity index (χ1v) is 6.39. The van der Waals surface area contributed by atoms with Gasteiger partial charge in [0.25, 0.3) is 0 Å². The zero-order valence-corrected chi connectivity index (χ0v) is 9.87. The standard InChI is InChI=1S/C11H12N2O3S/c14-10(7-1-2-17-6-7)13-9-3-8(11(15)16)4-12-5-9/h3-5,7H,1-2,6H2,(H,13,14)(H,15,16). The number of anilines is 1. The van der Waals surface area contributed by atoms with Crippen molar-refractivity contribution in [3.8, 4) is 0 Å². The highest BCUT2D eigenvalue weighted by molar-refractivity contribution is 7.99. The van der Waals surface area contributed by atoms with Crippen LogP contribution in [0.2, 0.25) is 0 Å². The molecule has 1 aromatic heterocycles. The van der Waals surface area contributed by atoms with Crippen LogP contribution in [0.4, 0.5) is 5.69 Å². The lowest BCUT2D eigenvalue weighted by Gasteiger charge is -2.09. The molecule has 1 atom stereocenters. The van der Waals surface area contributed by atoms with Crippen LogP contribution in [0.3, 0.4) is 0 Å². The molecule has 2 N–H and O–H groups in total. The van der Waals surface area contributed by atoms with E-state index in [9.17, 15) is 9.59 Å². The summed E-state index contributed by atoms with van der Waals surface area (Å²) in [6.45, 7) is 0. The fourth-order valence-corrected chi connectivity index (χ4v) is 2.83. The van der Waals surface area contributed by atoms with E-state index in [0.717, 1.165) is 17.9 Å². The molecule has 0 aliphatic carbocycles. The van der Waals surface area contributed by atoms with Gasteiger partial charge in [-0.05, 0) is 18.2 Å². The monoisotopic (exact) mass is 252 g/mol. The first kappa shape index (κ1) is 11.9. The summed E-state index contributed by atoms with van der Waals surface area (Å²) in [6, 6.07) is 1.41. The number of aromatic nitrogens is 1. The largest absolute Gasteiger partial charge is 0.478 e. The Morgan fingerprint density at radius 2 is 2.29 bits per heavy atom. The van der Waals surface area contributed by atoms with Crippen LogP contribution in [-0.4, -0.2) is 33.5 Å². The van der Waals surface area contributed by atoms with E-state index in [2.05, 4.69) is 10.3 Å². The van der Waals surface area contributed by atoms with Crippen LogP contribution in [-0.2, 0) is 4.79 Å². The van der Waals surface area contributed by atoms with Crippen molar-refractivity contribution < 1.29 is 14.7 Å². The Hall–Kier alpha value is -1.56. The van der Waals surface area contributed by atoms with E-state index < -0.39 is 5.97 Å². The first-order chi connectivity index (χ1) is 8.16. The number of nitrogens with zero attached hydrogens (tertiary/aromatic N) is 1. The second-order valence-electron chi connectivity index (χ2n) is 3.82. The Balaban J connectivity index is 2.05. The SMILES string of the molecule is O=C(O)c1cncc(NC(=O)C2CCSC2)c1. The average molecular weight is 252 g/mol. The number of hydrogen-bond acceptors (Lipinski definition) is 4. The minimum Gasteiger partial charge on any atom is -0.478 e. The topological polar surface area (TPSA) is 79.3 Å². The highest BCUT2D eigenvalue weighted by atomic mass is 32.2. The summed E-state index contributed by atoms with van der Waals surface area (Å²) in [6.07, 6.45) is 3.58. The molecule has 1 amide bonds. The quantitative estimate of drug-likeness (QED) is 0.851. The minimum atomic E-state index is -1.05. The number of carbonyl (C=O) groups excluding carboxylic acids is 1. The number of aromatic carboxylic acids is 1. The molecular formula is C11H12N2O3S. The molecule has 1 aliphatic rings. The number of carboxylic acids is 1. The Labute approximate surface area is 103 Å². The van der Waals surface area contributed by atoms with E-state index in [1.807, 2.05) is 0 Å². The Bertz CT molecular complexity index is 444. The lowest BCUT2D eigenvalue weighted by Crippen LogP contribution is -2.22. The molecule has 1 unspecified atom stereocenters. The lowest BCUT2D eigenvalue weighted by molar-refractivity contribution is -0.119. The molecule has 1 saturated heterocycles. The van der Waals surface area contributed by atoms with Crippen molar-refractivity contribution in [3.63, 3.8) is 0 Å². The summed E-state index contributed by atoms with van der Waals surface area (Å²) in [7, 11) is 0. The van der Waals surface area contributed by atoms with Crippen LogP contribution in [0.25, 0.3) is 0 Å². The van der Waals surface area contributed by atoms with Crippen molar-refractivity contribution in [2.75, 3.05) is 16.8 Å². The smallest absolute Gasteiger partial charge is 0.337 e. The molecule has 1 aliphatic heterocycles. The van der Waals surface area contributed by atoms with Gasteiger partial charge in [0.15, 0.2) is 0 Å². The van der Waals surface area contributed by atoms with Crippen LogP contribution in [0.5, 0.6) is 0 Å². The Morgan fingerprint density at radius 3 is 2.94 bits per heavy atom. The van der Waals surface area contributed by atoms with Gasteiger partial charge in [0.2, 0.25) is 5.91 Å². The highest BCUT2D eigenvalue weighted by Crippen LogP contribution is 2.24. The van der Waals surface area contributed by atoms with Crippen LogP contribution < -0.4 is 5.32 Å². The molecular weight excluding hydrogens is 240 g/mol. The summed E-state index contributed by atoms with van der Waals surface area (Å²) in [5.41, 5.74) is 0.510. The zero-order valence-electron chi connectivity index (χ0n) is 9.05. The Morgan fingerprint density at radius 1 is 1.47 bits per heavy atom. The van der Waals surface area contributed by atoms with E-state index in [1.165, 1.54) is 18.5 Å². The van der Waals surface area contributed by atoms with Crippen molar-refractivity contribution in [1.82, 2.24) is 4.98 Å². The second-order valence-corrected chi connectivity index (χ2v) is 4.97. The molecule has 0 aromatic carbocycles. The molecule has 0 spiro atoms. The molecule has 5 nitrogen and oxygen atoms in total. The molecule has 0 saturated carbocycles. The highest BCUT2D eigenvalue weighted by Gasteiger charge is 2.23. The molecule has 1 aromatic rings. The van der Waals surface area contributed by atoms with Crippen LogP contribution in [0.1, 0.15) is 16.8 Å². The maximum absolute atomic E-state index is 11.8. The van der Waals surface area contributed by atoms with Gasteiger partial charge in [0.1, 0.15) is 0 Å². The molecule has 90 valence electrons. The van der Waals surface area contributed by atoms with Crippen LogP contribution in [0.15, 0.2) is 18.5 Å². The number of carbonyl (C=O) groups is 2. The maximum atomic E-state index is 11.8. The van der Waals surface area contributed by atoms with Gasteiger partial charge < -0.3 is 10.4 Å². The predicted octanol–water partition coefficient (Wildman–Crippen LogP) is 1.47. The van der Waals surface area contributed by atoms with Crippen molar-refractivity contribution in [3.05, 3.63) is 24.0 Å². The third-order valence-electron chi connectivity index (χ3n) is 2.55. The number of hydrogen-bond donors (Lipinski definition) is 2. The zero-order chi connectivity index (χ0) is 12.3. The number of rotatable bonds is 3. The molecule has 6 heteroatoms. The van der Waals surface area contributed by atoms with Gasteiger partial charge >= 0.3 is 5.97 Å². The molecule has 1 fully saturated rings. The van der Waals surface area contributed by atoms with E-state index in [-0.39, 0.29) is 17.4 Å². The van der Waals surface area contributed by atoms with E-state index >= 15 is 0 Å². The first-order valence-electron chi connectivity index (χ1n) is 5.24. The van der Waals surface area contributed by atoms with Crippen LogP contribution >= 0.6 is 11.8 Å². The summed E-state index contributed by atoms with van der Waals surface area (Å²) < 4.78 is 0. The van der Waals surface area contributed by atoms with E-state index in [1.54, 1.807) is 11.8 Å². The summed E-state index contributed by atoms with van der Waals surface area (Å²) in [5.74, 6) is 0.751. The third-order valence-corrected chi connectivity index (χ3v) is 3.72. The summed E-state index contributed by atoms with van der Waals surface area (Å²) in [4.78, 5) is 26.3. The number of thioether (sulfide) groups is 1. The van der Waals surface area contributed by atoms with Crippen LogP contribution in [0, 0.1) is 5.92 Å². The number of pyridine rings is 1. The average Bonchev–Trinajstić information content (AvgIpc) is 2.82. The van der Waals surface area contributed by atoms with Crippen molar-refractivity contribution in [2.45, 2.75) is 6.42 Å². The third kappa shape index (κ3) is 2.97. The molecule has 2 heterocycles. The van der Waals surface area contributed by atoms with E-state index in [4.69, 9.17) is 5.11 Å². The number of carboxylic acid groups (broad SMARTS) is 1. The fourth-order valence-electron chi connectivity index (χ4n) is 1.61. The van der Waals surface area contributed by atoms with Crippen molar-refractivity contribution in [1.29, 1.82) is 0 Å². The molecule has 0 radical (unpaired) electrons. The minimum absolute atomic E-state index is 0.0217. The predicted molar refractivity (Wildman–Crippen MR) is 65.3 cm³/mol. The second kappa shape index (κ2) is 5.18. The van der Waals surface area contributed by atoms with Gasteiger partial charge in [0, 0.05) is 17.9 Å². The van der Waals surface area contributed by atoms with Gasteiger partial charge in [-0.15, -0.1) is 0 Å².